The minimum absolute atomic E-state index is 0.0387. The second-order valence-corrected chi connectivity index (χ2v) is 5.61. The fourth-order valence-electron chi connectivity index (χ4n) is 2.46. The van der Waals surface area contributed by atoms with Crippen LogP contribution in [0.1, 0.15) is 16.2 Å². The number of nitro benzene ring substituents is 1. The molecule has 0 fully saturated rings. The molecule has 2 aromatic carbocycles. The average molecular weight is 345 g/mol. The van der Waals surface area contributed by atoms with E-state index in [1.54, 1.807) is 0 Å². The number of aryl methyl sites for hydroxylation is 1. The van der Waals surface area contributed by atoms with Crippen molar-refractivity contribution in [2.45, 2.75) is 6.54 Å². The summed E-state index contributed by atoms with van der Waals surface area (Å²) >= 11 is 5.75. The lowest BCUT2D eigenvalue weighted by molar-refractivity contribution is -0.385. The zero-order chi connectivity index (χ0) is 17.3. The highest BCUT2D eigenvalue weighted by atomic mass is 35.5. The minimum atomic E-state index is -0.629. The SMILES string of the molecule is Cn1c(CNC(=O)c2ccc(Cl)cc2[N+](=O)[O-])nc2ccccc21. The van der Waals surface area contributed by atoms with Crippen LogP contribution in [0.25, 0.3) is 11.0 Å². The van der Waals surface area contributed by atoms with Crippen LogP contribution in [0.3, 0.4) is 0 Å². The molecule has 0 saturated carbocycles. The van der Waals surface area contributed by atoms with Gasteiger partial charge in [0.2, 0.25) is 0 Å². The summed E-state index contributed by atoms with van der Waals surface area (Å²) in [5.74, 6) is 0.103. The Morgan fingerprint density at radius 2 is 2.08 bits per heavy atom. The number of amides is 1. The molecule has 0 aliphatic rings. The number of nitro groups is 1. The third kappa shape index (κ3) is 2.93. The Kier molecular flexibility index (Phi) is 4.18. The van der Waals surface area contributed by atoms with E-state index in [9.17, 15) is 14.9 Å². The number of imidazole rings is 1. The molecule has 0 atom stereocenters. The molecule has 8 heteroatoms. The van der Waals surface area contributed by atoms with Crippen molar-refractivity contribution in [1.29, 1.82) is 0 Å². The van der Waals surface area contributed by atoms with E-state index in [4.69, 9.17) is 11.6 Å². The van der Waals surface area contributed by atoms with Crippen LogP contribution in [0.5, 0.6) is 0 Å². The van der Waals surface area contributed by atoms with E-state index >= 15 is 0 Å². The molecule has 3 rings (SSSR count). The van der Waals surface area contributed by atoms with Gasteiger partial charge in [-0.25, -0.2) is 4.98 Å². The number of nitrogens with one attached hydrogen (secondary N) is 1. The number of benzene rings is 2. The molecule has 1 amide bonds. The molecule has 0 radical (unpaired) electrons. The standard InChI is InChI=1S/C16H13ClN4O3/c1-20-13-5-3-2-4-12(13)19-15(20)9-18-16(22)11-7-6-10(17)8-14(11)21(23)24/h2-8H,9H2,1H3,(H,18,22). The first-order valence-corrected chi connectivity index (χ1v) is 7.47. The summed E-state index contributed by atoms with van der Waals surface area (Å²) in [6.45, 7) is 0.157. The zero-order valence-corrected chi connectivity index (χ0v) is 13.4. The molecule has 0 bridgehead atoms. The van der Waals surface area contributed by atoms with Gasteiger partial charge < -0.3 is 9.88 Å². The number of nitrogens with zero attached hydrogens (tertiary/aromatic N) is 3. The number of carbonyl (C=O) groups is 1. The van der Waals surface area contributed by atoms with Gasteiger partial charge in [0.15, 0.2) is 0 Å². The van der Waals surface area contributed by atoms with Crippen LogP contribution >= 0.6 is 11.6 Å². The average Bonchev–Trinajstić information content (AvgIpc) is 2.89. The van der Waals surface area contributed by atoms with Gasteiger partial charge in [-0.05, 0) is 24.3 Å². The van der Waals surface area contributed by atoms with Crippen molar-refractivity contribution in [3.05, 3.63) is 69.0 Å². The largest absolute Gasteiger partial charge is 0.345 e. The highest BCUT2D eigenvalue weighted by Gasteiger charge is 2.20. The highest BCUT2D eigenvalue weighted by Crippen LogP contribution is 2.23. The van der Waals surface area contributed by atoms with Gasteiger partial charge in [-0.3, -0.25) is 14.9 Å². The Balaban J connectivity index is 1.83. The fraction of sp³-hybridized carbons (Fsp3) is 0.125. The van der Waals surface area contributed by atoms with Crippen molar-refractivity contribution in [3.63, 3.8) is 0 Å². The molecule has 0 saturated heterocycles. The lowest BCUT2D eigenvalue weighted by Crippen LogP contribution is -2.25. The summed E-state index contributed by atoms with van der Waals surface area (Å²) in [6.07, 6.45) is 0. The number of hydrogen-bond donors (Lipinski definition) is 1. The molecular weight excluding hydrogens is 332 g/mol. The Labute approximate surface area is 142 Å². The summed E-state index contributed by atoms with van der Waals surface area (Å²) in [6, 6.07) is 11.5. The molecule has 1 aromatic heterocycles. The molecule has 7 nitrogen and oxygen atoms in total. The van der Waals surface area contributed by atoms with Crippen LogP contribution in [0.2, 0.25) is 5.02 Å². The number of para-hydroxylation sites is 2. The topological polar surface area (TPSA) is 90.1 Å². The lowest BCUT2D eigenvalue weighted by atomic mass is 10.1. The molecule has 0 aliphatic heterocycles. The van der Waals surface area contributed by atoms with Crippen molar-refractivity contribution in [1.82, 2.24) is 14.9 Å². The van der Waals surface area contributed by atoms with E-state index in [-0.39, 0.29) is 22.8 Å². The van der Waals surface area contributed by atoms with Crippen LogP contribution in [0, 0.1) is 10.1 Å². The van der Waals surface area contributed by atoms with Crippen molar-refractivity contribution < 1.29 is 9.72 Å². The molecule has 24 heavy (non-hydrogen) atoms. The maximum absolute atomic E-state index is 12.3. The second kappa shape index (κ2) is 6.29. The Bertz CT molecular complexity index is 952. The third-order valence-electron chi connectivity index (χ3n) is 3.69. The monoisotopic (exact) mass is 344 g/mol. The summed E-state index contributed by atoms with van der Waals surface area (Å²) in [7, 11) is 1.85. The Morgan fingerprint density at radius 3 is 2.79 bits per heavy atom. The van der Waals surface area contributed by atoms with E-state index < -0.39 is 10.8 Å². The van der Waals surface area contributed by atoms with Gasteiger partial charge in [0.25, 0.3) is 11.6 Å². The first-order valence-electron chi connectivity index (χ1n) is 7.10. The van der Waals surface area contributed by atoms with Gasteiger partial charge in [-0.15, -0.1) is 0 Å². The molecular formula is C16H13ClN4O3. The van der Waals surface area contributed by atoms with Gasteiger partial charge in [-0.2, -0.15) is 0 Å². The minimum Gasteiger partial charge on any atom is -0.345 e. The van der Waals surface area contributed by atoms with Crippen molar-refractivity contribution in [3.8, 4) is 0 Å². The predicted octanol–water partition coefficient (Wildman–Crippen LogP) is 3.06. The van der Waals surface area contributed by atoms with Crippen LogP contribution in [-0.4, -0.2) is 20.4 Å². The summed E-state index contributed by atoms with van der Waals surface area (Å²) in [4.78, 5) is 27.2. The highest BCUT2D eigenvalue weighted by molar-refractivity contribution is 6.31. The van der Waals surface area contributed by atoms with Crippen molar-refractivity contribution >= 4 is 34.2 Å². The van der Waals surface area contributed by atoms with Gasteiger partial charge in [0.1, 0.15) is 11.4 Å². The lowest BCUT2D eigenvalue weighted by Gasteiger charge is -2.06. The third-order valence-corrected chi connectivity index (χ3v) is 3.92. The van der Waals surface area contributed by atoms with E-state index in [0.717, 1.165) is 17.1 Å². The molecule has 0 unspecified atom stereocenters. The molecule has 122 valence electrons. The van der Waals surface area contributed by atoms with E-state index in [0.29, 0.717) is 5.82 Å². The summed E-state index contributed by atoms with van der Waals surface area (Å²) in [5, 5.41) is 13.9. The van der Waals surface area contributed by atoms with E-state index in [1.807, 2.05) is 35.9 Å². The molecule has 1 N–H and O–H groups in total. The molecule has 3 aromatic rings. The van der Waals surface area contributed by atoms with Gasteiger partial charge in [0, 0.05) is 18.1 Å². The van der Waals surface area contributed by atoms with Crippen LogP contribution < -0.4 is 5.32 Å². The smallest absolute Gasteiger partial charge is 0.283 e. The Hall–Kier alpha value is -2.93. The molecule has 0 spiro atoms. The normalized spacial score (nSPS) is 10.8. The van der Waals surface area contributed by atoms with Gasteiger partial charge >= 0.3 is 0 Å². The number of aromatic nitrogens is 2. The van der Waals surface area contributed by atoms with Crippen LogP contribution in [0.15, 0.2) is 42.5 Å². The summed E-state index contributed by atoms with van der Waals surface area (Å²) < 4.78 is 1.87. The van der Waals surface area contributed by atoms with Crippen molar-refractivity contribution in [2.24, 2.45) is 7.05 Å². The molecule has 0 aliphatic carbocycles. The predicted molar refractivity (Wildman–Crippen MR) is 90.0 cm³/mol. The number of halogens is 1. The molecule has 1 heterocycles. The second-order valence-electron chi connectivity index (χ2n) is 5.18. The maximum atomic E-state index is 12.3. The number of carbonyl (C=O) groups excluding carboxylic acids is 1. The maximum Gasteiger partial charge on any atom is 0.283 e. The summed E-state index contributed by atoms with van der Waals surface area (Å²) in [5.41, 5.74) is 1.40. The van der Waals surface area contributed by atoms with Crippen LogP contribution in [-0.2, 0) is 13.6 Å². The number of fused-ring (bicyclic) bond motifs is 1. The first-order chi connectivity index (χ1) is 11.5. The fourth-order valence-corrected chi connectivity index (χ4v) is 2.62. The quantitative estimate of drug-likeness (QED) is 0.581. The van der Waals surface area contributed by atoms with Crippen molar-refractivity contribution in [2.75, 3.05) is 0 Å². The van der Waals surface area contributed by atoms with Gasteiger partial charge in [0.05, 0.1) is 22.5 Å². The number of rotatable bonds is 4. The zero-order valence-electron chi connectivity index (χ0n) is 12.7. The first kappa shape index (κ1) is 15.9. The number of hydrogen-bond acceptors (Lipinski definition) is 4. The van der Waals surface area contributed by atoms with E-state index in [1.165, 1.54) is 12.1 Å². The van der Waals surface area contributed by atoms with Gasteiger partial charge in [-0.1, -0.05) is 23.7 Å². The van der Waals surface area contributed by atoms with E-state index in [2.05, 4.69) is 10.3 Å². The van der Waals surface area contributed by atoms with Crippen LogP contribution in [0.4, 0.5) is 5.69 Å². The Morgan fingerprint density at radius 1 is 1.33 bits per heavy atom.